The zero-order valence-electron chi connectivity index (χ0n) is 14.3. The Balaban J connectivity index is 1.89. The number of halogens is 1. The molecule has 0 amide bonds. The van der Waals surface area contributed by atoms with E-state index in [1.54, 1.807) is 0 Å². The Labute approximate surface area is 157 Å². The van der Waals surface area contributed by atoms with Crippen LogP contribution in [0.3, 0.4) is 0 Å². The molecule has 0 bridgehead atoms. The summed E-state index contributed by atoms with van der Waals surface area (Å²) in [7, 11) is 0. The molecule has 2 atom stereocenters. The highest BCUT2D eigenvalue weighted by molar-refractivity contribution is 9.10. The maximum absolute atomic E-state index is 11.1. The van der Waals surface area contributed by atoms with Crippen LogP contribution in [0.15, 0.2) is 59.1 Å². The van der Waals surface area contributed by atoms with Gasteiger partial charge in [-0.3, -0.25) is 14.6 Å². The smallest absolute Gasteiger partial charge is 0.317 e. The van der Waals surface area contributed by atoms with E-state index in [0.29, 0.717) is 0 Å². The predicted molar refractivity (Wildman–Crippen MR) is 103 cm³/mol. The molecule has 0 saturated carbocycles. The van der Waals surface area contributed by atoms with Gasteiger partial charge in [0.2, 0.25) is 0 Å². The molecule has 0 unspecified atom stereocenters. The number of aliphatic carboxylic acids is 1. The van der Waals surface area contributed by atoms with Gasteiger partial charge in [0.05, 0.1) is 12.6 Å². The third-order valence-corrected chi connectivity index (χ3v) is 5.54. The van der Waals surface area contributed by atoms with Gasteiger partial charge in [0, 0.05) is 30.1 Å². The van der Waals surface area contributed by atoms with E-state index in [-0.39, 0.29) is 18.6 Å². The van der Waals surface area contributed by atoms with Gasteiger partial charge in [0.1, 0.15) is 0 Å². The molecule has 1 N–H and O–H groups in total. The van der Waals surface area contributed by atoms with Crippen LogP contribution in [-0.4, -0.2) is 53.1 Å². The summed E-state index contributed by atoms with van der Waals surface area (Å²) in [6, 6.07) is 19.2. The first-order valence-corrected chi connectivity index (χ1v) is 9.35. The maximum Gasteiger partial charge on any atom is 0.317 e. The summed E-state index contributed by atoms with van der Waals surface area (Å²) in [5, 5.41) is 9.09. The van der Waals surface area contributed by atoms with Crippen molar-refractivity contribution in [3.8, 4) is 0 Å². The molecule has 0 aliphatic carbocycles. The summed E-state index contributed by atoms with van der Waals surface area (Å²) in [4.78, 5) is 15.6. The average molecular weight is 403 g/mol. The third kappa shape index (κ3) is 4.29. The van der Waals surface area contributed by atoms with Gasteiger partial charge in [-0.05, 0) is 24.1 Å². The normalized spacial score (nSPS) is 20.3. The second kappa shape index (κ2) is 8.13. The number of nitrogens with zero attached hydrogens (tertiary/aromatic N) is 2. The van der Waals surface area contributed by atoms with Gasteiger partial charge in [-0.15, -0.1) is 0 Å². The molecule has 1 fully saturated rings. The van der Waals surface area contributed by atoms with Crippen molar-refractivity contribution in [1.29, 1.82) is 0 Å². The maximum atomic E-state index is 11.1. The number of hydrogen-bond acceptors (Lipinski definition) is 3. The summed E-state index contributed by atoms with van der Waals surface area (Å²) in [5.74, 6) is -0.759. The number of rotatable bonds is 5. The van der Waals surface area contributed by atoms with Crippen LogP contribution in [0.25, 0.3) is 0 Å². The van der Waals surface area contributed by atoms with Crippen LogP contribution >= 0.6 is 15.9 Å². The Hall–Kier alpha value is -1.69. The third-order valence-electron chi connectivity index (χ3n) is 4.82. The van der Waals surface area contributed by atoms with Crippen molar-refractivity contribution < 1.29 is 9.90 Å². The monoisotopic (exact) mass is 402 g/mol. The minimum atomic E-state index is -0.759. The Morgan fingerprint density at radius 2 is 1.84 bits per heavy atom. The number of benzene rings is 2. The molecule has 1 aliphatic rings. The highest BCUT2D eigenvalue weighted by atomic mass is 79.9. The minimum absolute atomic E-state index is 0.111. The highest BCUT2D eigenvalue weighted by Gasteiger charge is 2.31. The lowest BCUT2D eigenvalue weighted by molar-refractivity contribution is -0.139. The van der Waals surface area contributed by atoms with Gasteiger partial charge in [-0.25, -0.2) is 0 Å². The van der Waals surface area contributed by atoms with Crippen LogP contribution in [0.5, 0.6) is 0 Å². The summed E-state index contributed by atoms with van der Waals surface area (Å²) in [6.45, 7) is 4.67. The molecule has 2 aromatic carbocycles. The van der Waals surface area contributed by atoms with Gasteiger partial charge < -0.3 is 5.11 Å². The lowest BCUT2D eigenvalue weighted by Gasteiger charge is -2.43. The Morgan fingerprint density at radius 1 is 1.16 bits per heavy atom. The molecule has 0 radical (unpaired) electrons. The fourth-order valence-electron chi connectivity index (χ4n) is 3.59. The minimum Gasteiger partial charge on any atom is -0.480 e. The van der Waals surface area contributed by atoms with E-state index in [9.17, 15) is 4.79 Å². The van der Waals surface area contributed by atoms with E-state index in [1.165, 1.54) is 11.1 Å². The van der Waals surface area contributed by atoms with Crippen LogP contribution < -0.4 is 0 Å². The van der Waals surface area contributed by atoms with Crippen LogP contribution in [0.1, 0.15) is 24.1 Å². The second-order valence-electron chi connectivity index (χ2n) is 6.54. The molecule has 4 nitrogen and oxygen atoms in total. The van der Waals surface area contributed by atoms with Gasteiger partial charge in [-0.1, -0.05) is 64.5 Å². The van der Waals surface area contributed by atoms with Crippen molar-refractivity contribution in [3.05, 3.63) is 70.2 Å². The van der Waals surface area contributed by atoms with E-state index in [2.05, 4.69) is 70.2 Å². The summed E-state index contributed by atoms with van der Waals surface area (Å²) < 4.78 is 1.10. The Kier molecular flexibility index (Phi) is 5.89. The standard InChI is InChI=1S/C20H23BrN2O2/c1-15-13-23(12-11-22(15)14-19(24)25)20(16-7-3-2-4-8-16)17-9-5-6-10-18(17)21/h2-10,15,20H,11-14H2,1H3,(H,24,25)/t15-,20+/m0/s1. The van der Waals surface area contributed by atoms with Crippen LogP contribution in [0.4, 0.5) is 0 Å². The summed E-state index contributed by atoms with van der Waals surface area (Å²) in [5.41, 5.74) is 2.50. The summed E-state index contributed by atoms with van der Waals surface area (Å²) >= 11 is 3.71. The lowest BCUT2D eigenvalue weighted by atomic mass is 9.95. The molecule has 5 heteroatoms. The second-order valence-corrected chi connectivity index (χ2v) is 7.40. The number of carbonyl (C=O) groups is 1. The first kappa shape index (κ1) is 18.1. The van der Waals surface area contributed by atoms with E-state index in [0.717, 1.165) is 24.1 Å². The van der Waals surface area contributed by atoms with E-state index in [1.807, 2.05) is 17.0 Å². The summed E-state index contributed by atoms with van der Waals surface area (Å²) in [6.07, 6.45) is 0. The van der Waals surface area contributed by atoms with Crippen LogP contribution in [0.2, 0.25) is 0 Å². The fraction of sp³-hybridized carbons (Fsp3) is 0.350. The SMILES string of the molecule is C[C@H]1CN([C@H](c2ccccc2)c2ccccc2Br)CCN1CC(=O)O. The lowest BCUT2D eigenvalue weighted by Crippen LogP contribution is -2.54. The molecular formula is C20H23BrN2O2. The van der Waals surface area contributed by atoms with E-state index in [4.69, 9.17) is 5.11 Å². The number of piperazine rings is 1. The van der Waals surface area contributed by atoms with E-state index < -0.39 is 5.97 Å². The predicted octanol–water partition coefficient (Wildman–Crippen LogP) is 3.63. The molecule has 3 rings (SSSR count). The first-order chi connectivity index (χ1) is 12.1. The number of carboxylic acid groups (broad SMARTS) is 1. The Morgan fingerprint density at radius 3 is 2.48 bits per heavy atom. The molecule has 132 valence electrons. The van der Waals surface area contributed by atoms with Crippen molar-refractivity contribution in [2.24, 2.45) is 0 Å². The van der Waals surface area contributed by atoms with Gasteiger partial charge >= 0.3 is 5.97 Å². The zero-order valence-corrected chi connectivity index (χ0v) is 15.9. The molecule has 25 heavy (non-hydrogen) atoms. The largest absolute Gasteiger partial charge is 0.480 e. The van der Waals surface area contributed by atoms with Crippen LogP contribution in [0, 0.1) is 0 Å². The Bertz CT molecular complexity index is 723. The van der Waals surface area contributed by atoms with Gasteiger partial charge in [0.15, 0.2) is 0 Å². The molecular weight excluding hydrogens is 380 g/mol. The van der Waals surface area contributed by atoms with Crippen molar-refractivity contribution >= 4 is 21.9 Å². The van der Waals surface area contributed by atoms with Crippen molar-refractivity contribution in [3.63, 3.8) is 0 Å². The quantitative estimate of drug-likeness (QED) is 0.828. The number of hydrogen-bond donors (Lipinski definition) is 1. The van der Waals surface area contributed by atoms with E-state index >= 15 is 0 Å². The van der Waals surface area contributed by atoms with Crippen LogP contribution in [-0.2, 0) is 4.79 Å². The topological polar surface area (TPSA) is 43.8 Å². The van der Waals surface area contributed by atoms with Crippen molar-refractivity contribution in [1.82, 2.24) is 9.80 Å². The highest BCUT2D eigenvalue weighted by Crippen LogP contribution is 2.34. The molecule has 2 aromatic rings. The fourth-order valence-corrected chi connectivity index (χ4v) is 4.09. The molecule has 0 aromatic heterocycles. The molecule has 1 saturated heterocycles. The molecule has 0 spiro atoms. The molecule has 1 heterocycles. The molecule has 1 aliphatic heterocycles. The van der Waals surface area contributed by atoms with Crippen molar-refractivity contribution in [2.45, 2.75) is 19.0 Å². The van der Waals surface area contributed by atoms with Gasteiger partial charge in [-0.2, -0.15) is 0 Å². The number of carboxylic acids is 1. The zero-order chi connectivity index (χ0) is 17.8. The van der Waals surface area contributed by atoms with Crippen molar-refractivity contribution in [2.75, 3.05) is 26.2 Å². The average Bonchev–Trinajstić information content (AvgIpc) is 2.60. The van der Waals surface area contributed by atoms with Gasteiger partial charge in [0.25, 0.3) is 0 Å². The first-order valence-electron chi connectivity index (χ1n) is 8.55.